The number of halogens is 1. The predicted molar refractivity (Wildman–Crippen MR) is 133 cm³/mol. The largest absolute Gasteiger partial charge is 0.619 e. The molecule has 2 aromatic carbocycles. The lowest BCUT2D eigenvalue weighted by atomic mass is 9.89. The van der Waals surface area contributed by atoms with Crippen LogP contribution < -0.4 is 13.8 Å². The lowest BCUT2D eigenvalue weighted by molar-refractivity contribution is -0.607. The van der Waals surface area contributed by atoms with Crippen LogP contribution in [0.25, 0.3) is 0 Å². The molecule has 0 atom stereocenters. The van der Waals surface area contributed by atoms with Crippen molar-refractivity contribution in [3.05, 3.63) is 89.6 Å². The first-order valence-electron chi connectivity index (χ1n) is 11.7. The number of carbonyl (C=O) groups excluding carboxylic acids is 1. The summed E-state index contributed by atoms with van der Waals surface area (Å²) in [4.78, 5) is 14.8. The van der Waals surface area contributed by atoms with Gasteiger partial charge >= 0.3 is 0 Å². The van der Waals surface area contributed by atoms with Crippen molar-refractivity contribution in [1.82, 2.24) is 4.90 Å². The summed E-state index contributed by atoms with van der Waals surface area (Å²) in [6, 6.07) is 15.2. The van der Waals surface area contributed by atoms with Gasteiger partial charge < -0.3 is 14.8 Å². The van der Waals surface area contributed by atoms with E-state index in [4.69, 9.17) is 4.74 Å². The first-order chi connectivity index (χ1) is 17.3. The Morgan fingerprint density at radius 2 is 1.81 bits per heavy atom. The van der Waals surface area contributed by atoms with E-state index in [0.29, 0.717) is 54.2 Å². The summed E-state index contributed by atoms with van der Waals surface area (Å²) < 4.78 is 47.5. The van der Waals surface area contributed by atoms with E-state index < -0.39 is 10.0 Å². The molecule has 0 aliphatic carbocycles. The summed E-state index contributed by atoms with van der Waals surface area (Å²) in [6.45, 7) is 1.82. The topological polar surface area (TPSA) is 93.9 Å². The van der Waals surface area contributed by atoms with Gasteiger partial charge in [0.25, 0.3) is 10.0 Å². The van der Waals surface area contributed by atoms with Crippen LogP contribution in [0.1, 0.15) is 23.2 Å². The summed E-state index contributed by atoms with van der Waals surface area (Å²) in [7, 11) is -2.58. The molecule has 8 nitrogen and oxygen atoms in total. The highest BCUT2D eigenvalue weighted by Crippen LogP contribution is 2.32. The van der Waals surface area contributed by atoms with Gasteiger partial charge in [-0.2, -0.15) is 4.73 Å². The normalized spacial score (nSPS) is 14.9. The fraction of sp³-hybridized carbons (Fsp3) is 0.308. The molecule has 190 valence electrons. The molecule has 0 unspecified atom stereocenters. The summed E-state index contributed by atoms with van der Waals surface area (Å²) >= 11 is 0. The fourth-order valence-electron chi connectivity index (χ4n) is 4.42. The van der Waals surface area contributed by atoms with Gasteiger partial charge in [0.15, 0.2) is 16.9 Å². The standard InChI is InChI=1S/C26H28FN3O5S/c1-35-25-7-3-2-6-24(25)30(36(33,34)23-5-4-14-29(32)19-23)18-17-28-15-12-21(13-16-28)26(31)20-8-10-22(27)11-9-20/h2-11,14,19,21H,12-13,15-18H2,1H3. The minimum absolute atomic E-state index is 0.00266. The van der Waals surface area contributed by atoms with E-state index in [-0.39, 0.29) is 29.0 Å². The van der Waals surface area contributed by atoms with Crippen molar-refractivity contribution in [3.8, 4) is 5.75 Å². The third kappa shape index (κ3) is 5.66. The second-order valence-corrected chi connectivity index (χ2v) is 10.5. The molecule has 0 radical (unpaired) electrons. The molecule has 0 N–H and O–H groups in total. The molecule has 4 rings (SSSR count). The number of hydrogen-bond acceptors (Lipinski definition) is 6. The maximum atomic E-state index is 13.6. The number of hydrogen-bond donors (Lipinski definition) is 0. The van der Waals surface area contributed by atoms with Crippen molar-refractivity contribution in [1.29, 1.82) is 0 Å². The van der Waals surface area contributed by atoms with Crippen molar-refractivity contribution in [3.63, 3.8) is 0 Å². The maximum absolute atomic E-state index is 13.6. The van der Waals surface area contributed by atoms with Crippen LogP contribution >= 0.6 is 0 Å². The molecular weight excluding hydrogens is 485 g/mol. The Hall–Kier alpha value is -3.50. The Labute approximate surface area is 210 Å². The van der Waals surface area contributed by atoms with E-state index in [1.165, 1.54) is 54.0 Å². The van der Waals surface area contributed by atoms with E-state index in [1.54, 1.807) is 24.3 Å². The van der Waals surface area contributed by atoms with Crippen molar-refractivity contribution >= 4 is 21.5 Å². The van der Waals surface area contributed by atoms with Crippen LogP contribution in [0, 0.1) is 16.9 Å². The number of ketones is 1. The Kier molecular flexibility index (Phi) is 7.85. The number of carbonyl (C=O) groups is 1. The lowest BCUT2D eigenvalue weighted by Gasteiger charge is -2.33. The van der Waals surface area contributed by atoms with E-state index in [1.807, 2.05) is 0 Å². The van der Waals surface area contributed by atoms with Gasteiger partial charge in [-0.3, -0.25) is 9.10 Å². The zero-order valence-electron chi connectivity index (χ0n) is 19.9. The number of likely N-dealkylation sites (tertiary alicyclic amines) is 1. The smallest absolute Gasteiger partial charge is 0.270 e. The zero-order chi connectivity index (χ0) is 25.7. The fourth-order valence-corrected chi connectivity index (χ4v) is 5.89. The third-order valence-corrected chi connectivity index (χ3v) is 8.19. The molecule has 10 heteroatoms. The van der Waals surface area contributed by atoms with Crippen LogP contribution in [-0.2, 0) is 10.0 Å². The number of sulfonamides is 1. The number of pyridine rings is 1. The molecule has 0 bridgehead atoms. The van der Waals surface area contributed by atoms with Crippen molar-refractivity contribution in [2.45, 2.75) is 17.7 Å². The predicted octanol–water partition coefficient (Wildman–Crippen LogP) is 3.26. The average molecular weight is 514 g/mol. The molecule has 1 saturated heterocycles. The molecule has 0 amide bonds. The summed E-state index contributed by atoms with van der Waals surface area (Å²) in [5, 5.41) is 11.8. The Morgan fingerprint density at radius 1 is 1.11 bits per heavy atom. The summed E-state index contributed by atoms with van der Waals surface area (Å²) in [6.07, 6.45) is 3.52. The first kappa shape index (κ1) is 25.6. The number of methoxy groups -OCH3 is 1. The first-order valence-corrected chi connectivity index (χ1v) is 13.1. The number of anilines is 1. The van der Waals surface area contributed by atoms with Crippen molar-refractivity contribution in [2.24, 2.45) is 5.92 Å². The quantitative estimate of drug-likeness (QED) is 0.248. The van der Waals surface area contributed by atoms with Crippen LogP contribution in [0.3, 0.4) is 0 Å². The van der Waals surface area contributed by atoms with E-state index in [0.717, 1.165) is 6.20 Å². The minimum atomic E-state index is -4.05. The van der Waals surface area contributed by atoms with E-state index in [9.17, 15) is 22.8 Å². The van der Waals surface area contributed by atoms with E-state index in [2.05, 4.69) is 4.90 Å². The van der Waals surface area contributed by atoms with Gasteiger partial charge in [0, 0.05) is 30.6 Å². The van der Waals surface area contributed by atoms with Gasteiger partial charge in [0.05, 0.1) is 12.8 Å². The number of ether oxygens (including phenoxy) is 1. The van der Waals surface area contributed by atoms with Crippen LogP contribution in [-0.4, -0.2) is 52.4 Å². The molecular formula is C26H28FN3O5S. The average Bonchev–Trinajstić information content (AvgIpc) is 2.89. The SMILES string of the molecule is COc1ccccc1N(CCN1CCC(C(=O)c2ccc(F)cc2)CC1)S(=O)(=O)c1ccc[n+]([O-])c1. The molecule has 1 aliphatic rings. The second-order valence-electron chi connectivity index (χ2n) is 8.64. The van der Waals surface area contributed by atoms with Gasteiger partial charge in [0.1, 0.15) is 11.6 Å². The number of benzene rings is 2. The molecule has 1 aromatic heterocycles. The zero-order valence-corrected chi connectivity index (χ0v) is 20.7. The highest BCUT2D eigenvalue weighted by atomic mass is 32.2. The van der Waals surface area contributed by atoms with Crippen LogP contribution in [0.5, 0.6) is 5.75 Å². The van der Waals surface area contributed by atoms with Crippen LogP contribution in [0.15, 0.2) is 78.0 Å². The second kappa shape index (κ2) is 11.0. The van der Waals surface area contributed by atoms with Crippen molar-refractivity contribution < 1.29 is 27.1 Å². The highest BCUT2D eigenvalue weighted by molar-refractivity contribution is 7.92. The number of aromatic nitrogens is 1. The van der Waals surface area contributed by atoms with Gasteiger partial charge in [-0.1, -0.05) is 12.1 Å². The summed E-state index contributed by atoms with van der Waals surface area (Å²) in [5.74, 6) is -0.132. The molecule has 0 saturated carbocycles. The number of para-hydroxylation sites is 2. The molecule has 3 aromatic rings. The Balaban J connectivity index is 1.48. The monoisotopic (exact) mass is 513 g/mol. The van der Waals surface area contributed by atoms with Gasteiger partial charge in [0.2, 0.25) is 6.20 Å². The molecule has 0 spiro atoms. The van der Waals surface area contributed by atoms with Gasteiger partial charge in [-0.25, -0.2) is 12.8 Å². The summed E-state index contributed by atoms with van der Waals surface area (Å²) in [5.41, 5.74) is 0.879. The Bertz CT molecular complexity index is 1310. The third-order valence-electron chi connectivity index (χ3n) is 6.40. The molecule has 1 aliphatic heterocycles. The molecule has 36 heavy (non-hydrogen) atoms. The number of rotatable bonds is 9. The van der Waals surface area contributed by atoms with Crippen LogP contribution in [0.2, 0.25) is 0 Å². The van der Waals surface area contributed by atoms with Crippen LogP contribution in [0.4, 0.5) is 10.1 Å². The van der Waals surface area contributed by atoms with Gasteiger partial charge in [-0.05, 0) is 68.4 Å². The molecule has 2 heterocycles. The van der Waals surface area contributed by atoms with E-state index >= 15 is 0 Å². The maximum Gasteiger partial charge on any atom is 0.270 e. The lowest BCUT2D eigenvalue weighted by Crippen LogP contribution is -2.43. The number of Topliss-reactive ketones (excluding diaryl/α,β-unsaturated/α-hetero) is 1. The Morgan fingerprint density at radius 3 is 2.47 bits per heavy atom. The highest BCUT2D eigenvalue weighted by Gasteiger charge is 2.31. The van der Waals surface area contributed by atoms with Crippen molar-refractivity contribution in [2.75, 3.05) is 37.6 Å². The minimum Gasteiger partial charge on any atom is -0.619 e. The van der Waals surface area contributed by atoms with Gasteiger partial charge in [-0.15, -0.1) is 0 Å². The number of piperidine rings is 1. The number of nitrogens with zero attached hydrogens (tertiary/aromatic N) is 3. The molecule has 1 fully saturated rings.